The van der Waals surface area contributed by atoms with E-state index in [4.69, 9.17) is 16.1 Å². The Bertz CT molecular complexity index is 2070. The maximum Gasteiger partial charge on any atom is 0.319 e. The lowest BCUT2D eigenvalue weighted by atomic mass is 9.92. The van der Waals surface area contributed by atoms with Gasteiger partial charge in [-0.3, -0.25) is 9.69 Å². The second-order valence-corrected chi connectivity index (χ2v) is 14.8. The van der Waals surface area contributed by atoms with Crippen LogP contribution in [0.5, 0.6) is 11.8 Å². The first kappa shape index (κ1) is 30.6. The van der Waals surface area contributed by atoms with Crippen LogP contribution in [-0.4, -0.2) is 76.2 Å². The molecule has 8 nitrogen and oxygen atoms in total. The molecule has 9 rings (SSSR count). The van der Waals surface area contributed by atoms with Crippen molar-refractivity contribution in [1.29, 1.82) is 0 Å². The molecule has 1 aromatic heterocycles. The Labute approximate surface area is 281 Å². The molecule has 2 N–H and O–H groups in total. The average Bonchev–Trinajstić information content (AvgIpc) is 3.71. The van der Waals surface area contributed by atoms with Gasteiger partial charge in [0, 0.05) is 78.4 Å². The highest BCUT2D eigenvalue weighted by Gasteiger charge is 2.50. The topological polar surface area (TPSA) is 90.8 Å². The van der Waals surface area contributed by atoms with Crippen LogP contribution in [0.15, 0.2) is 30.3 Å². The number of carbonyl (C=O) groups is 1. The Balaban J connectivity index is 1.13. The van der Waals surface area contributed by atoms with Gasteiger partial charge in [-0.1, -0.05) is 12.0 Å². The van der Waals surface area contributed by atoms with E-state index < -0.39 is 23.0 Å². The molecule has 4 bridgehead atoms. The monoisotopic (exact) mass is 667 g/mol. The second kappa shape index (κ2) is 11.3. The third-order valence-corrected chi connectivity index (χ3v) is 11.5. The van der Waals surface area contributed by atoms with Crippen LogP contribution < -0.4 is 15.0 Å². The van der Waals surface area contributed by atoms with Crippen molar-refractivity contribution in [3.8, 4) is 35.2 Å². The minimum Gasteiger partial charge on any atom is -0.508 e. The number of rotatable bonds is 7. The number of carbonyl (C=O) groups excluding carboxylic acids is 1. The quantitative estimate of drug-likeness (QED) is 0.238. The van der Waals surface area contributed by atoms with Crippen molar-refractivity contribution in [3.63, 3.8) is 0 Å². The molecule has 4 aliphatic heterocycles. The summed E-state index contributed by atoms with van der Waals surface area (Å²) in [6.07, 6.45) is 12.9. The number of nitrogens with one attached hydrogen (secondary N) is 1. The minimum absolute atomic E-state index is 0.00373. The molecule has 4 aromatic rings. The number of piperazine rings is 1. The molecule has 3 aromatic carbocycles. The van der Waals surface area contributed by atoms with Crippen molar-refractivity contribution in [1.82, 2.24) is 20.2 Å². The molecule has 4 unspecified atom stereocenters. The fourth-order valence-corrected chi connectivity index (χ4v) is 8.90. The van der Waals surface area contributed by atoms with Crippen molar-refractivity contribution in [3.05, 3.63) is 53.3 Å². The molecule has 5 heterocycles. The summed E-state index contributed by atoms with van der Waals surface area (Å²) in [6.45, 7) is 2.41. The van der Waals surface area contributed by atoms with E-state index in [9.17, 15) is 14.3 Å². The first-order valence-corrected chi connectivity index (χ1v) is 17.2. The number of ether oxygens (including phenoxy) is 1. The number of benzene rings is 3. The molecule has 5 fully saturated rings. The van der Waals surface area contributed by atoms with Crippen molar-refractivity contribution < 1.29 is 27.8 Å². The molecule has 5 aliphatic rings. The SMILES string of the molecule is C#Cc1c(F)ccc2cc(O)cc(-c3c(F)cc4c(N5CC6CCC(C5)N6)nc(OCC5(CN6C7CCC6CC(=O)C7)CC5)nc4c3F)c12. The van der Waals surface area contributed by atoms with E-state index in [-0.39, 0.29) is 68.8 Å². The van der Waals surface area contributed by atoms with Gasteiger partial charge < -0.3 is 20.1 Å². The Hall–Kier alpha value is -4.40. The summed E-state index contributed by atoms with van der Waals surface area (Å²) in [5.41, 5.74) is -0.934. The normalized spacial score (nSPS) is 25.7. The fourth-order valence-electron chi connectivity index (χ4n) is 8.90. The van der Waals surface area contributed by atoms with E-state index in [0.717, 1.165) is 45.1 Å². The molecule has 4 atom stereocenters. The van der Waals surface area contributed by atoms with Crippen LogP contribution in [-0.2, 0) is 4.79 Å². The Morgan fingerprint density at radius 3 is 2.43 bits per heavy atom. The van der Waals surface area contributed by atoms with Crippen LogP contribution in [0.2, 0.25) is 0 Å². The standard InChI is InChI=1S/C38H36F3N5O3/c1-2-27-30(39)8-3-20-11-25(47)14-28(32(20)27)33-31(40)15-29-35(34(33)41)43-37(44-36(29)45-16-21-4-5-22(17-45)42-21)49-19-38(9-10-38)18-46-23-6-7-24(46)13-26(48)12-23/h1,3,8,11,14-15,21-24,42,47H,4-7,9-10,12-13,16-19H2. The van der Waals surface area contributed by atoms with Crippen molar-refractivity contribution in [2.75, 3.05) is 31.1 Å². The van der Waals surface area contributed by atoms with E-state index in [1.165, 1.54) is 30.3 Å². The van der Waals surface area contributed by atoms with Gasteiger partial charge in [0.15, 0.2) is 5.82 Å². The molecule has 1 aliphatic carbocycles. The molecule has 49 heavy (non-hydrogen) atoms. The van der Waals surface area contributed by atoms with Gasteiger partial charge in [-0.05, 0) is 68.2 Å². The Kier molecular flexibility index (Phi) is 7.08. The third kappa shape index (κ3) is 5.19. The summed E-state index contributed by atoms with van der Waals surface area (Å²) in [7, 11) is 0. The van der Waals surface area contributed by atoms with E-state index in [1.807, 2.05) is 0 Å². The molecule has 0 amide bonds. The highest BCUT2D eigenvalue weighted by atomic mass is 19.1. The lowest BCUT2D eigenvalue weighted by molar-refractivity contribution is -0.124. The van der Waals surface area contributed by atoms with E-state index in [0.29, 0.717) is 49.5 Å². The van der Waals surface area contributed by atoms with Gasteiger partial charge >= 0.3 is 6.01 Å². The van der Waals surface area contributed by atoms with Gasteiger partial charge in [0.05, 0.1) is 17.7 Å². The zero-order chi connectivity index (χ0) is 33.6. The Morgan fingerprint density at radius 1 is 1.00 bits per heavy atom. The highest BCUT2D eigenvalue weighted by Crippen LogP contribution is 2.50. The summed E-state index contributed by atoms with van der Waals surface area (Å²) >= 11 is 0. The van der Waals surface area contributed by atoms with Crippen molar-refractivity contribution in [2.24, 2.45) is 5.41 Å². The number of aromatic nitrogens is 2. The number of Topliss-reactive ketones (excluding diaryl/α,β-unsaturated/α-hetero) is 1. The molecular weight excluding hydrogens is 631 g/mol. The first-order valence-electron chi connectivity index (χ1n) is 17.2. The van der Waals surface area contributed by atoms with Gasteiger partial charge in [-0.15, -0.1) is 6.42 Å². The summed E-state index contributed by atoms with van der Waals surface area (Å²) in [4.78, 5) is 26.1. The number of nitrogens with zero attached hydrogens (tertiary/aromatic N) is 4. The van der Waals surface area contributed by atoms with Gasteiger partial charge in [-0.2, -0.15) is 9.97 Å². The minimum atomic E-state index is -0.976. The summed E-state index contributed by atoms with van der Waals surface area (Å²) in [5, 5.41) is 14.8. The van der Waals surface area contributed by atoms with Gasteiger partial charge in [-0.25, -0.2) is 13.2 Å². The Morgan fingerprint density at radius 2 is 1.73 bits per heavy atom. The maximum absolute atomic E-state index is 16.9. The maximum atomic E-state index is 16.9. The van der Waals surface area contributed by atoms with Crippen molar-refractivity contribution >= 4 is 33.3 Å². The number of aromatic hydroxyl groups is 1. The van der Waals surface area contributed by atoms with E-state index in [1.54, 1.807) is 0 Å². The van der Waals surface area contributed by atoms with Crippen LogP contribution in [0.1, 0.15) is 56.9 Å². The lowest BCUT2D eigenvalue weighted by Gasteiger charge is -2.36. The number of terminal acetylenes is 1. The van der Waals surface area contributed by atoms with Crippen LogP contribution in [0, 0.1) is 35.2 Å². The number of piperidine rings is 1. The first-order chi connectivity index (χ1) is 23.7. The molecular formula is C38H36F3N5O3. The van der Waals surface area contributed by atoms with Crippen LogP contribution in [0.4, 0.5) is 19.0 Å². The number of fused-ring (bicyclic) bond motifs is 6. The molecule has 0 radical (unpaired) electrons. The second-order valence-electron chi connectivity index (χ2n) is 14.8. The molecule has 0 spiro atoms. The highest BCUT2D eigenvalue weighted by molar-refractivity contribution is 6.04. The van der Waals surface area contributed by atoms with E-state index >= 15 is 8.78 Å². The number of halogens is 3. The third-order valence-electron chi connectivity index (χ3n) is 11.5. The number of phenolic OH excluding ortho intramolecular Hbond substituents is 1. The number of ketones is 1. The molecule has 11 heteroatoms. The molecule has 252 valence electrons. The predicted octanol–water partition coefficient (Wildman–Crippen LogP) is 5.85. The fraction of sp³-hybridized carbons (Fsp3) is 0.447. The predicted molar refractivity (Wildman–Crippen MR) is 179 cm³/mol. The largest absolute Gasteiger partial charge is 0.508 e. The van der Waals surface area contributed by atoms with Gasteiger partial charge in [0.25, 0.3) is 0 Å². The average molecular weight is 668 g/mol. The summed E-state index contributed by atoms with van der Waals surface area (Å²) in [5.74, 6) is 0.217. The number of hydrogen-bond acceptors (Lipinski definition) is 8. The molecule has 4 saturated heterocycles. The summed E-state index contributed by atoms with van der Waals surface area (Å²) < 4.78 is 54.5. The van der Waals surface area contributed by atoms with Gasteiger partial charge in [0.2, 0.25) is 0 Å². The lowest BCUT2D eigenvalue weighted by Crippen LogP contribution is -2.51. The van der Waals surface area contributed by atoms with Crippen LogP contribution >= 0.6 is 0 Å². The van der Waals surface area contributed by atoms with Gasteiger partial charge in [0.1, 0.15) is 34.5 Å². The number of hydrogen-bond donors (Lipinski definition) is 2. The number of anilines is 1. The van der Waals surface area contributed by atoms with Crippen LogP contribution in [0.3, 0.4) is 0 Å². The smallest absolute Gasteiger partial charge is 0.319 e. The van der Waals surface area contributed by atoms with Crippen LogP contribution in [0.25, 0.3) is 32.8 Å². The molecule has 1 saturated carbocycles. The summed E-state index contributed by atoms with van der Waals surface area (Å²) in [6, 6.07) is 7.42. The zero-order valence-corrected chi connectivity index (χ0v) is 26.9. The number of phenols is 1. The van der Waals surface area contributed by atoms with Crippen molar-refractivity contribution in [2.45, 2.75) is 75.5 Å². The van der Waals surface area contributed by atoms with E-state index in [2.05, 4.69) is 26.0 Å². The zero-order valence-electron chi connectivity index (χ0n) is 26.9.